The topological polar surface area (TPSA) is 9.23 Å². The van der Waals surface area contributed by atoms with Crippen molar-refractivity contribution in [2.45, 2.75) is 62.0 Å². The maximum absolute atomic E-state index is 6.32. The van der Waals surface area contributed by atoms with Gasteiger partial charge in [0.25, 0.3) is 0 Å². The summed E-state index contributed by atoms with van der Waals surface area (Å²) >= 11 is 6.32. The molecule has 2 aliphatic heterocycles. The minimum atomic E-state index is 0.0133. The van der Waals surface area contributed by atoms with Crippen LogP contribution < -0.4 is 0 Å². The molecule has 0 spiro atoms. The normalized spacial score (nSPS) is 47.4. The lowest BCUT2D eigenvalue weighted by atomic mass is 9.74. The Hall–Kier alpha value is -0.0100. The molecule has 0 aromatic carbocycles. The summed E-state index contributed by atoms with van der Waals surface area (Å²) in [6.07, 6.45) is 8.51. The van der Waals surface area contributed by atoms with Crippen LogP contribution in [-0.2, 0) is 4.74 Å². The lowest BCUT2D eigenvalue weighted by Gasteiger charge is -2.52. The summed E-state index contributed by atoms with van der Waals surface area (Å²) in [6, 6.07) is 0. The molecule has 0 N–H and O–H groups in total. The minimum Gasteiger partial charge on any atom is -0.368 e. The molecule has 80 valence electrons. The van der Waals surface area contributed by atoms with Gasteiger partial charge in [0.2, 0.25) is 0 Å². The molecule has 2 aliphatic rings. The van der Waals surface area contributed by atoms with Gasteiger partial charge in [-0.25, -0.2) is 0 Å². The van der Waals surface area contributed by atoms with Crippen molar-refractivity contribution in [2.75, 3.05) is 0 Å². The van der Waals surface area contributed by atoms with Crippen LogP contribution in [0.15, 0.2) is 12.7 Å². The smallest absolute Gasteiger partial charge is 0.0738 e. The predicted molar refractivity (Wildman–Crippen MR) is 59.8 cm³/mol. The first-order valence-corrected chi connectivity index (χ1v) is 5.96. The highest BCUT2D eigenvalue weighted by Crippen LogP contribution is 2.48. The molecule has 14 heavy (non-hydrogen) atoms. The average molecular weight is 215 g/mol. The number of halogens is 1. The summed E-state index contributed by atoms with van der Waals surface area (Å²) in [5.74, 6) is 0. The van der Waals surface area contributed by atoms with Gasteiger partial charge in [0, 0.05) is 5.38 Å². The van der Waals surface area contributed by atoms with E-state index in [1.807, 2.05) is 6.08 Å². The minimum absolute atomic E-state index is 0.0133. The number of ether oxygens (including phenoxy) is 1. The van der Waals surface area contributed by atoms with Gasteiger partial charge < -0.3 is 4.74 Å². The second-order valence-electron chi connectivity index (χ2n) is 5.09. The first kappa shape index (κ1) is 10.5. The molecular weight excluding hydrogens is 196 g/mol. The molecule has 2 fully saturated rings. The summed E-state index contributed by atoms with van der Waals surface area (Å²) in [7, 11) is 0. The Morgan fingerprint density at radius 1 is 1.50 bits per heavy atom. The molecule has 0 radical (unpaired) electrons. The van der Waals surface area contributed by atoms with Gasteiger partial charge in [-0.1, -0.05) is 6.08 Å². The Bertz CT molecular complexity index is 240. The highest BCUT2D eigenvalue weighted by atomic mass is 35.5. The lowest BCUT2D eigenvalue weighted by molar-refractivity contribution is -0.209. The SMILES string of the molecule is C=CCC12CCCC(C)(CC(Cl)C1)O2. The Morgan fingerprint density at radius 3 is 3.00 bits per heavy atom. The molecule has 2 rings (SSSR count). The third-order valence-electron chi connectivity index (χ3n) is 3.56. The van der Waals surface area contributed by atoms with Crippen LogP contribution in [0.2, 0.25) is 0 Å². The molecule has 3 atom stereocenters. The van der Waals surface area contributed by atoms with E-state index in [4.69, 9.17) is 16.3 Å². The summed E-state index contributed by atoms with van der Waals surface area (Å²) in [5.41, 5.74) is 0.0470. The third-order valence-corrected chi connectivity index (χ3v) is 3.87. The molecule has 1 nitrogen and oxygen atoms in total. The fraction of sp³-hybridized carbons (Fsp3) is 0.833. The van der Waals surface area contributed by atoms with Gasteiger partial charge in [-0.05, 0) is 45.4 Å². The van der Waals surface area contributed by atoms with E-state index in [9.17, 15) is 0 Å². The number of fused-ring (bicyclic) bond motifs is 2. The van der Waals surface area contributed by atoms with Crippen LogP contribution in [0, 0.1) is 0 Å². The highest BCUT2D eigenvalue weighted by Gasteiger charge is 2.48. The van der Waals surface area contributed by atoms with Crippen molar-refractivity contribution < 1.29 is 4.74 Å². The van der Waals surface area contributed by atoms with Gasteiger partial charge in [-0.2, -0.15) is 0 Å². The summed E-state index contributed by atoms with van der Waals surface area (Å²) < 4.78 is 6.25. The van der Waals surface area contributed by atoms with Crippen molar-refractivity contribution in [1.82, 2.24) is 0 Å². The Kier molecular flexibility index (Phi) is 2.65. The van der Waals surface area contributed by atoms with Gasteiger partial charge in [-0.15, -0.1) is 18.2 Å². The van der Waals surface area contributed by atoms with Crippen LogP contribution in [0.25, 0.3) is 0 Å². The highest BCUT2D eigenvalue weighted by molar-refractivity contribution is 6.20. The molecule has 0 aliphatic carbocycles. The zero-order chi connectivity index (χ0) is 10.2. The van der Waals surface area contributed by atoms with Crippen molar-refractivity contribution in [1.29, 1.82) is 0 Å². The molecule has 0 amide bonds. The fourth-order valence-corrected chi connectivity index (χ4v) is 3.74. The monoisotopic (exact) mass is 214 g/mol. The summed E-state index contributed by atoms with van der Waals surface area (Å²) in [4.78, 5) is 0. The molecule has 0 aromatic heterocycles. The Labute approximate surface area is 91.5 Å². The zero-order valence-electron chi connectivity index (χ0n) is 8.89. The van der Waals surface area contributed by atoms with Gasteiger partial charge in [0.15, 0.2) is 0 Å². The van der Waals surface area contributed by atoms with Gasteiger partial charge in [0.1, 0.15) is 0 Å². The number of alkyl halides is 1. The van der Waals surface area contributed by atoms with E-state index in [0.717, 1.165) is 32.1 Å². The molecule has 0 aromatic rings. The quantitative estimate of drug-likeness (QED) is 0.504. The van der Waals surface area contributed by atoms with E-state index >= 15 is 0 Å². The van der Waals surface area contributed by atoms with E-state index in [1.165, 1.54) is 6.42 Å². The van der Waals surface area contributed by atoms with Crippen molar-refractivity contribution in [3.05, 3.63) is 12.7 Å². The van der Waals surface area contributed by atoms with E-state index in [0.29, 0.717) is 0 Å². The average Bonchev–Trinajstić information content (AvgIpc) is 2.00. The first-order chi connectivity index (χ1) is 6.58. The van der Waals surface area contributed by atoms with Crippen LogP contribution in [0.5, 0.6) is 0 Å². The van der Waals surface area contributed by atoms with Gasteiger partial charge >= 0.3 is 0 Å². The second kappa shape index (κ2) is 3.53. The van der Waals surface area contributed by atoms with Crippen LogP contribution in [-0.4, -0.2) is 16.6 Å². The fourth-order valence-electron chi connectivity index (χ4n) is 3.13. The largest absolute Gasteiger partial charge is 0.368 e. The van der Waals surface area contributed by atoms with E-state index in [2.05, 4.69) is 13.5 Å². The maximum Gasteiger partial charge on any atom is 0.0738 e. The molecular formula is C12H19ClO. The number of hydrogen-bond donors (Lipinski definition) is 0. The molecule has 3 unspecified atom stereocenters. The second-order valence-corrected chi connectivity index (χ2v) is 5.70. The Morgan fingerprint density at radius 2 is 2.29 bits per heavy atom. The van der Waals surface area contributed by atoms with E-state index in [1.54, 1.807) is 0 Å². The van der Waals surface area contributed by atoms with Crippen LogP contribution in [0.3, 0.4) is 0 Å². The summed E-state index contributed by atoms with van der Waals surface area (Å²) in [6.45, 7) is 6.03. The molecule has 0 saturated carbocycles. The van der Waals surface area contributed by atoms with E-state index in [-0.39, 0.29) is 16.6 Å². The van der Waals surface area contributed by atoms with Crippen LogP contribution >= 0.6 is 11.6 Å². The van der Waals surface area contributed by atoms with Crippen molar-refractivity contribution in [2.24, 2.45) is 0 Å². The molecule has 2 heterocycles. The first-order valence-electron chi connectivity index (χ1n) is 5.53. The number of rotatable bonds is 2. The summed E-state index contributed by atoms with van der Waals surface area (Å²) in [5, 5.41) is 0.286. The number of hydrogen-bond acceptors (Lipinski definition) is 1. The van der Waals surface area contributed by atoms with E-state index < -0.39 is 0 Å². The lowest BCUT2D eigenvalue weighted by Crippen LogP contribution is -2.53. The Balaban J connectivity index is 2.19. The molecule has 2 bridgehead atoms. The zero-order valence-corrected chi connectivity index (χ0v) is 9.65. The molecule has 2 heteroatoms. The van der Waals surface area contributed by atoms with Crippen molar-refractivity contribution >= 4 is 11.6 Å². The van der Waals surface area contributed by atoms with Gasteiger partial charge in [0.05, 0.1) is 11.2 Å². The van der Waals surface area contributed by atoms with Crippen molar-refractivity contribution in [3.63, 3.8) is 0 Å². The third kappa shape index (κ3) is 1.85. The molecule has 2 saturated heterocycles. The standard InChI is InChI=1S/C12H19ClO/c1-3-5-12-7-4-6-11(2,14-12)8-10(13)9-12/h3,10H,1,4-9H2,2H3. The van der Waals surface area contributed by atoms with Crippen LogP contribution in [0.1, 0.15) is 45.4 Å². The van der Waals surface area contributed by atoms with Crippen molar-refractivity contribution in [3.8, 4) is 0 Å². The maximum atomic E-state index is 6.32. The van der Waals surface area contributed by atoms with Gasteiger partial charge in [-0.3, -0.25) is 0 Å². The van der Waals surface area contributed by atoms with Crippen LogP contribution in [0.4, 0.5) is 0 Å². The predicted octanol–water partition coefficient (Wildman–Crippen LogP) is 3.66.